The summed E-state index contributed by atoms with van der Waals surface area (Å²) >= 11 is 0. The lowest BCUT2D eigenvalue weighted by Gasteiger charge is -2.39. The molecule has 0 aliphatic carbocycles. The number of esters is 1. The Bertz CT molecular complexity index is 536. The second kappa shape index (κ2) is 9.51. The van der Waals surface area contributed by atoms with E-state index < -0.39 is 5.60 Å². The van der Waals surface area contributed by atoms with Crippen LogP contribution in [0.4, 0.5) is 0 Å². The van der Waals surface area contributed by atoms with Crippen molar-refractivity contribution >= 4 is 11.9 Å². The van der Waals surface area contributed by atoms with E-state index in [2.05, 4.69) is 35.9 Å². The molecule has 1 amide bonds. The predicted molar refractivity (Wildman–Crippen MR) is 103 cm³/mol. The summed E-state index contributed by atoms with van der Waals surface area (Å²) in [6, 6.07) is 0. The number of rotatable bonds is 9. The number of carbonyl (C=O) groups is 2. The van der Waals surface area contributed by atoms with Crippen LogP contribution in [0.5, 0.6) is 0 Å². The number of amides is 1. The number of nitrogens with one attached hydrogen (secondary N) is 1. The first-order valence-electron chi connectivity index (χ1n) is 10.1. The minimum Gasteiger partial charge on any atom is -0.450 e. The van der Waals surface area contributed by atoms with E-state index in [0.29, 0.717) is 30.5 Å². The molecule has 0 saturated carbocycles. The molecule has 2 heterocycles. The van der Waals surface area contributed by atoms with Gasteiger partial charge in [0.2, 0.25) is 0 Å². The standard InChI is InChI=1S/C20H35N3O3/c1-5-8-12-22(6-2)15-11-21-18(24)17-16(4)19(25)26-20(17)9-13-23(7-3)14-10-20/h5-15H2,1-4H3,(H,21,24). The van der Waals surface area contributed by atoms with Crippen molar-refractivity contribution in [2.45, 2.75) is 59.0 Å². The molecular weight excluding hydrogens is 330 g/mol. The van der Waals surface area contributed by atoms with Crippen LogP contribution >= 0.6 is 0 Å². The van der Waals surface area contributed by atoms with Crippen LogP contribution in [0.3, 0.4) is 0 Å². The molecule has 0 unspecified atom stereocenters. The van der Waals surface area contributed by atoms with Crippen molar-refractivity contribution in [2.75, 3.05) is 45.8 Å². The van der Waals surface area contributed by atoms with E-state index in [1.165, 1.54) is 12.8 Å². The maximum Gasteiger partial charge on any atom is 0.335 e. The number of unbranched alkanes of at least 4 members (excludes halogenated alkanes) is 1. The van der Waals surface area contributed by atoms with E-state index in [0.717, 1.165) is 39.3 Å². The molecule has 0 atom stereocenters. The molecule has 0 aromatic carbocycles. The van der Waals surface area contributed by atoms with Crippen molar-refractivity contribution < 1.29 is 14.3 Å². The highest BCUT2D eigenvalue weighted by atomic mass is 16.6. The van der Waals surface area contributed by atoms with E-state index >= 15 is 0 Å². The molecule has 1 saturated heterocycles. The number of likely N-dealkylation sites (tertiary alicyclic amines) is 1. The monoisotopic (exact) mass is 365 g/mol. The summed E-state index contributed by atoms with van der Waals surface area (Å²) in [5.74, 6) is -0.469. The highest BCUT2D eigenvalue weighted by molar-refractivity contribution is 6.07. The molecular formula is C20H35N3O3. The number of ether oxygens (including phenoxy) is 1. The van der Waals surface area contributed by atoms with Crippen molar-refractivity contribution in [1.82, 2.24) is 15.1 Å². The second-order valence-corrected chi connectivity index (χ2v) is 7.36. The number of carbonyl (C=O) groups excluding carboxylic acids is 2. The summed E-state index contributed by atoms with van der Waals surface area (Å²) in [5.41, 5.74) is 0.324. The quantitative estimate of drug-likeness (QED) is 0.633. The van der Waals surface area contributed by atoms with Crippen LogP contribution in [0.15, 0.2) is 11.1 Å². The summed E-state index contributed by atoms with van der Waals surface area (Å²) < 4.78 is 5.72. The zero-order valence-corrected chi connectivity index (χ0v) is 16.9. The Morgan fingerprint density at radius 3 is 2.50 bits per heavy atom. The number of hydrogen-bond donors (Lipinski definition) is 1. The van der Waals surface area contributed by atoms with Crippen molar-refractivity contribution in [1.29, 1.82) is 0 Å². The first-order chi connectivity index (χ1) is 12.5. The Hall–Kier alpha value is -1.40. The number of piperidine rings is 1. The molecule has 1 N–H and O–H groups in total. The van der Waals surface area contributed by atoms with Crippen LogP contribution < -0.4 is 5.32 Å². The minimum absolute atomic E-state index is 0.134. The zero-order chi connectivity index (χ0) is 19.2. The van der Waals surface area contributed by atoms with Gasteiger partial charge in [-0.1, -0.05) is 27.2 Å². The minimum atomic E-state index is -0.719. The molecule has 0 aromatic rings. The van der Waals surface area contributed by atoms with Crippen LogP contribution in [-0.2, 0) is 14.3 Å². The van der Waals surface area contributed by atoms with Gasteiger partial charge < -0.3 is 19.9 Å². The SMILES string of the molecule is CCCCN(CC)CCNC(=O)C1=C(C)C(=O)OC12CCN(CC)CC2. The van der Waals surface area contributed by atoms with Gasteiger partial charge in [-0.3, -0.25) is 4.79 Å². The lowest BCUT2D eigenvalue weighted by atomic mass is 9.82. The smallest absolute Gasteiger partial charge is 0.335 e. The third-order valence-corrected chi connectivity index (χ3v) is 5.75. The van der Waals surface area contributed by atoms with E-state index in [1.54, 1.807) is 6.92 Å². The average Bonchev–Trinajstić information content (AvgIpc) is 2.88. The van der Waals surface area contributed by atoms with Gasteiger partial charge in [0, 0.05) is 44.6 Å². The summed E-state index contributed by atoms with van der Waals surface area (Å²) in [4.78, 5) is 29.7. The van der Waals surface area contributed by atoms with E-state index in [4.69, 9.17) is 4.74 Å². The van der Waals surface area contributed by atoms with Crippen molar-refractivity contribution in [2.24, 2.45) is 0 Å². The molecule has 148 valence electrons. The molecule has 2 aliphatic rings. The van der Waals surface area contributed by atoms with Crippen molar-refractivity contribution in [3.8, 4) is 0 Å². The van der Waals surface area contributed by atoms with Gasteiger partial charge in [-0.2, -0.15) is 0 Å². The Kier molecular flexibility index (Phi) is 7.65. The van der Waals surface area contributed by atoms with Gasteiger partial charge in [-0.15, -0.1) is 0 Å². The third-order valence-electron chi connectivity index (χ3n) is 5.75. The van der Waals surface area contributed by atoms with E-state index in [-0.39, 0.29) is 11.9 Å². The van der Waals surface area contributed by atoms with Crippen molar-refractivity contribution in [3.05, 3.63) is 11.1 Å². The number of nitrogens with zero attached hydrogens (tertiary/aromatic N) is 2. The van der Waals surface area contributed by atoms with Crippen molar-refractivity contribution in [3.63, 3.8) is 0 Å². The summed E-state index contributed by atoms with van der Waals surface area (Å²) in [6.07, 6.45) is 3.74. The Morgan fingerprint density at radius 2 is 1.92 bits per heavy atom. The Labute approximate surface area is 157 Å². The highest BCUT2D eigenvalue weighted by Gasteiger charge is 2.50. The Morgan fingerprint density at radius 1 is 1.23 bits per heavy atom. The van der Waals surface area contributed by atoms with Crippen LogP contribution in [0.1, 0.15) is 53.4 Å². The van der Waals surface area contributed by atoms with Crippen LogP contribution in [0.2, 0.25) is 0 Å². The van der Waals surface area contributed by atoms with Gasteiger partial charge in [0.15, 0.2) is 0 Å². The molecule has 1 spiro atoms. The largest absolute Gasteiger partial charge is 0.450 e. The molecule has 0 aromatic heterocycles. The van der Waals surface area contributed by atoms with E-state index in [1.807, 2.05) is 0 Å². The molecule has 2 rings (SSSR count). The zero-order valence-electron chi connectivity index (χ0n) is 16.9. The molecule has 2 aliphatic heterocycles. The topological polar surface area (TPSA) is 61.9 Å². The predicted octanol–water partition coefficient (Wildman–Crippen LogP) is 1.95. The van der Waals surface area contributed by atoms with E-state index in [9.17, 15) is 9.59 Å². The Balaban J connectivity index is 1.98. The van der Waals surface area contributed by atoms with Gasteiger partial charge in [-0.05, 0) is 33.0 Å². The first kappa shape index (κ1) is 20.9. The van der Waals surface area contributed by atoms with Crippen LogP contribution in [-0.4, -0.2) is 73.1 Å². The molecule has 6 heteroatoms. The summed E-state index contributed by atoms with van der Waals surface area (Å²) in [6.45, 7) is 14.3. The summed E-state index contributed by atoms with van der Waals surface area (Å²) in [7, 11) is 0. The highest BCUT2D eigenvalue weighted by Crippen LogP contribution is 2.40. The molecule has 1 fully saturated rings. The molecule has 0 bridgehead atoms. The fourth-order valence-electron chi connectivity index (χ4n) is 3.93. The number of likely N-dealkylation sites (N-methyl/N-ethyl adjacent to an activating group) is 1. The maximum absolute atomic E-state index is 12.9. The fourth-order valence-corrected chi connectivity index (χ4v) is 3.93. The lowest BCUT2D eigenvalue weighted by molar-refractivity contribution is -0.150. The molecule has 26 heavy (non-hydrogen) atoms. The second-order valence-electron chi connectivity index (χ2n) is 7.36. The first-order valence-corrected chi connectivity index (χ1v) is 10.1. The van der Waals surface area contributed by atoms with Gasteiger partial charge in [0.1, 0.15) is 5.60 Å². The molecule has 0 radical (unpaired) electrons. The van der Waals surface area contributed by atoms with Gasteiger partial charge in [-0.25, -0.2) is 4.79 Å². The average molecular weight is 366 g/mol. The van der Waals surface area contributed by atoms with Crippen LogP contribution in [0, 0.1) is 0 Å². The summed E-state index contributed by atoms with van der Waals surface area (Å²) in [5, 5.41) is 3.03. The number of hydrogen-bond acceptors (Lipinski definition) is 5. The van der Waals surface area contributed by atoms with Crippen LogP contribution in [0.25, 0.3) is 0 Å². The molecule has 6 nitrogen and oxygen atoms in total. The third kappa shape index (κ3) is 4.65. The lowest BCUT2D eigenvalue weighted by Crippen LogP contribution is -2.49. The normalized spacial score (nSPS) is 20.1. The fraction of sp³-hybridized carbons (Fsp3) is 0.800. The van der Waals surface area contributed by atoms with Gasteiger partial charge >= 0.3 is 5.97 Å². The maximum atomic E-state index is 12.9. The van der Waals surface area contributed by atoms with Gasteiger partial charge in [0.25, 0.3) is 5.91 Å². The van der Waals surface area contributed by atoms with Gasteiger partial charge in [0.05, 0.1) is 5.57 Å².